The van der Waals surface area contributed by atoms with E-state index in [1.807, 2.05) is 24.3 Å². The Kier molecular flexibility index (Phi) is 5.27. The van der Waals surface area contributed by atoms with Crippen LogP contribution in [-0.2, 0) is 31.4 Å². The molecule has 0 aliphatic carbocycles. The van der Waals surface area contributed by atoms with Crippen molar-refractivity contribution in [3.05, 3.63) is 86.4 Å². The molecule has 1 aliphatic heterocycles. The molecule has 0 N–H and O–H groups in total. The number of imidazole rings is 1. The van der Waals surface area contributed by atoms with E-state index in [2.05, 4.69) is 11.1 Å². The lowest BCUT2D eigenvalue weighted by molar-refractivity contribution is -0.132. The minimum absolute atomic E-state index is 0.0479. The summed E-state index contributed by atoms with van der Waals surface area (Å²) >= 11 is 12.3. The van der Waals surface area contributed by atoms with Gasteiger partial charge in [0.05, 0.1) is 5.52 Å². The number of benzene rings is 2. The predicted molar refractivity (Wildman–Crippen MR) is 126 cm³/mol. The molecule has 6 nitrogen and oxygen atoms in total. The monoisotopic (exact) mass is 466 g/mol. The zero-order chi connectivity index (χ0) is 22.4. The Morgan fingerprint density at radius 1 is 1.03 bits per heavy atom. The number of nitrogens with zero attached hydrogens (tertiary/aromatic N) is 4. The normalized spacial score (nSPS) is 13.4. The quantitative estimate of drug-likeness (QED) is 0.452. The molecule has 1 aliphatic rings. The van der Waals surface area contributed by atoms with Crippen LogP contribution in [0.5, 0.6) is 0 Å². The summed E-state index contributed by atoms with van der Waals surface area (Å²) in [4.78, 5) is 32.3. The molecule has 0 unspecified atom stereocenters. The Morgan fingerprint density at radius 2 is 1.75 bits per heavy atom. The average molecular weight is 467 g/mol. The van der Waals surface area contributed by atoms with Gasteiger partial charge in [-0.1, -0.05) is 47.5 Å². The lowest BCUT2D eigenvalue weighted by atomic mass is 10.00. The average Bonchev–Trinajstić information content (AvgIpc) is 3.02. The first-order chi connectivity index (χ1) is 15.4. The first-order valence-electron chi connectivity index (χ1n) is 10.3. The molecule has 5 rings (SSSR count). The van der Waals surface area contributed by atoms with Gasteiger partial charge in [0.1, 0.15) is 6.54 Å². The first-order valence-corrected chi connectivity index (χ1v) is 11.0. The lowest BCUT2D eigenvalue weighted by Gasteiger charge is -2.28. The van der Waals surface area contributed by atoms with Crippen molar-refractivity contribution >= 4 is 40.3 Å². The Labute approximate surface area is 194 Å². The summed E-state index contributed by atoms with van der Waals surface area (Å²) < 4.78 is 2.95. The summed E-state index contributed by atoms with van der Waals surface area (Å²) in [5.74, 6) is -0.0957. The van der Waals surface area contributed by atoms with Crippen molar-refractivity contribution in [3.63, 3.8) is 0 Å². The van der Waals surface area contributed by atoms with Crippen LogP contribution in [0.3, 0.4) is 0 Å². The van der Waals surface area contributed by atoms with Crippen molar-refractivity contribution < 1.29 is 4.79 Å². The van der Waals surface area contributed by atoms with Crippen molar-refractivity contribution in [2.24, 2.45) is 7.05 Å². The highest BCUT2D eigenvalue weighted by molar-refractivity contribution is 6.35. The second-order valence-corrected chi connectivity index (χ2v) is 8.86. The van der Waals surface area contributed by atoms with Gasteiger partial charge >= 0.3 is 5.69 Å². The van der Waals surface area contributed by atoms with Crippen molar-refractivity contribution in [3.8, 4) is 11.1 Å². The van der Waals surface area contributed by atoms with Gasteiger partial charge in [-0.25, -0.2) is 9.78 Å². The molecule has 2 aromatic carbocycles. The van der Waals surface area contributed by atoms with Crippen molar-refractivity contribution in [1.82, 2.24) is 19.0 Å². The minimum atomic E-state index is -0.278. The number of aryl methyl sites for hydroxylation is 1. The van der Waals surface area contributed by atoms with E-state index >= 15 is 0 Å². The molecule has 0 bridgehead atoms. The van der Waals surface area contributed by atoms with Gasteiger partial charge in [0.15, 0.2) is 5.65 Å². The number of fused-ring (bicyclic) bond motifs is 2. The number of carbonyl (C=O) groups is 1. The molecule has 8 heteroatoms. The molecule has 0 spiro atoms. The Balaban J connectivity index is 1.46. The maximum absolute atomic E-state index is 13.0. The fourth-order valence-corrected chi connectivity index (χ4v) is 4.77. The minimum Gasteiger partial charge on any atom is -0.336 e. The zero-order valence-corrected chi connectivity index (χ0v) is 18.9. The summed E-state index contributed by atoms with van der Waals surface area (Å²) in [7, 11) is 1.68. The second-order valence-electron chi connectivity index (χ2n) is 7.99. The summed E-state index contributed by atoms with van der Waals surface area (Å²) in [6, 6.07) is 15.3. The van der Waals surface area contributed by atoms with Gasteiger partial charge in [0, 0.05) is 41.9 Å². The number of rotatable bonds is 3. The van der Waals surface area contributed by atoms with E-state index in [4.69, 9.17) is 23.2 Å². The van der Waals surface area contributed by atoms with Crippen molar-refractivity contribution in [2.75, 3.05) is 6.54 Å². The predicted octanol–water partition coefficient (Wildman–Crippen LogP) is 4.29. The Bertz CT molecular complexity index is 1400. The molecule has 1 amide bonds. The van der Waals surface area contributed by atoms with E-state index in [1.165, 1.54) is 14.7 Å². The van der Waals surface area contributed by atoms with Crippen LogP contribution in [0.1, 0.15) is 11.1 Å². The van der Waals surface area contributed by atoms with E-state index in [1.54, 1.807) is 36.3 Å². The summed E-state index contributed by atoms with van der Waals surface area (Å²) in [5.41, 5.74) is 4.85. The number of hydrogen-bond donors (Lipinski definition) is 0. The van der Waals surface area contributed by atoms with Crippen LogP contribution < -0.4 is 5.69 Å². The van der Waals surface area contributed by atoms with Crippen LogP contribution in [0.15, 0.2) is 59.5 Å². The smallest absolute Gasteiger partial charge is 0.330 e. The maximum atomic E-state index is 13.0. The third-order valence-electron chi connectivity index (χ3n) is 5.95. The van der Waals surface area contributed by atoms with Crippen molar-refractivity contribution in [1.29, 1.82) is 0 Å². The molecule has 32 heavy (non-hydrogen) atoms. The highest BCUT2D eigenvalue weighted by atomic mass is 35.5. The van der Waals surface area contributed by atoms with Gasteiger partial charge in [-0.05, 0) is 47.4 Å². The number of pyridine rings is 1. The molecule has 2 aromatic heterocycles. The van der Waals surface area contributed by atoms with Gasteiger partial charge in [-0.2, -0.15) is 0 Å². The first kappa shape index (κ1) is 20.8. The molecule has 0 fully saturated rings. The van der Waals surface area contributed by atoms with Crippen LogP contribution in [0.2, 0.25) is 10.0 Å². The van der Waals surface area contributed by atoms with Gasteiger partial charge in [-0.15, -0.1) is 0 Å². The fourth-order valence-electron chi connectivity index (χ4n) is 4.24. The number of amides is 1. The Morgan fingerprint density at radius 3 is 2.50 bits per heavy atom. The van der Waals surface area contributed by atoms with E-state index in [9.17, 15) is 9.59 Å². The maximum Gasteiger partial charge on any atom is 0.330 e. The largest absolute Gasteiger partial charge is 0.336 e. The van der Waals surface area contributed by atoms with Crippen molar-refractivity contribution in [2.45, 2.75) is 19.5 Å². The lowest BCUT2D eigenvalue weighted by Crippen LogP contribution is -2.39. The van der Waals surface area contributed by atoms with Crippen LogP contribution in [0.25, 0.3) is 22.3 Å². The van der Waals surface area contributed by atoms with Crippen LogP contribution in [0.4, 0.5) is 0 Å². The number of hydrogen-bond acceptors (Lipinski definition) is 3. The SMILES string of the molecule is Cn1c(=O)n(CC(=O)N2CCc3ccccc3C2)c2ncc(-c3cc(Cl)cc(Cl)c3)cc21. The summed E-state index contributed by atoms with van der Waals surface area (Å²) in [5, 5.41) is 1.04. The van der Waals surface area contributed by atoms with Crippen LogP contribution >= 0.6 is 23.2 Å². The van der Waals surface area contributed by atoms with E-state index in [-0.39, 0.29) is 18.1 Å². The standard InChI is InChI=1S/C24H20Cl2N4O2/c1-28-21-10-18(17-8-19(25)11-20(26)9-17)12-27-23(21)30(24(28)32)14-22(31)29-7-6-15-4-2-3-5-16(15)13-29/h2-5,8-12H,6-7,13-14H2,1H3. The fraction of sp³-hybridized carbons (Fsp3) is 0.208. The van der Waals surface area contributed by atoms with Gasteiger partial charge < -0.3 is 4.90 Å². The third-order valence-corrected chi connectivity index (χ3v) is 6.39. The molecule has 3 heterocycles. The van der Waals surface area contributed by atoms with Crippen LogP contribution in [-0.4, -0.2) is 31.5 Å². The molecule has 0 atom stereocenters. The summed E-state index contributed by atoms with van der Waals surface area (Å²) in [6.45, 7) is 1.15. The van der Waals surface area contributed by atoms with E-state index in [0.29, 0.717) is 34.3 Å². The third kappa shape index (κ3) is 3.70. The molecule has 0 radical (unpaired) electrons. The Hall–Kier alpha value is -3.09. The van der Waals surface area contributed by atoms with E-state index < -0.39 is 0 Å². The van der Waals surface area contributed by atoms with Gasteiger partial charge in [0.2, 0.25) is 5.91 Å². The number of halogens is 2. The van der Waals surface area contributed by atoms with Gasteiger partial charge in [-0.3, -0.25) is 13.9 Å². The highest BCUT2D eigenvalue weighted by Gasteiger charge is 2.23. The molecule has 4 aromatic rings. The van der Waals surface area contributed by atoms with Gasteiger partial charge in [0.25, 0.3) is 0 Å². The highest BCUT2D eigenvalue weighted by Crippen LogP contribution is 2.28. The zero-order valence-electron chi connectivity index (χ0n) is 17.4. The molecule has 162 valence electrons. The molecular weight excluding hydrogens is 447 g/mol. The molecular formula is C24H20Cl2N4O2. The second kappa shape index (κ2) is 8.11. The molecule has 0 saturated carbocycles. The van der Waals surface area contributed by atoms with Crippen LogP contribution in [0, 0.1) is 0 Å². The molecule has 0 saturated heterocycles. The number of aromatic nitrogens is 3. The van der Waals surface area contributed by atoms with E-state index in [0.717, 1.165) is 23.1 Å². The topological polar surface area (TPSA) is 60.1 Å². The number of carbonyl (C=O) groups excluding carboxylic acids is 1. The summed E-state index contributed by atoms with van der Waals surface area (Å²) in [6.07, 6.45) is 2.48.